The fraction of sp³-hybridized carbons (Fsp3) is 0.240. The Bertz CT molecular complexity index is 1290. The van der Waals surface area contributed by atoms with Gasteiger partial charge in [0.15, 0.2) is 10.3 Å². The third kappa shape index (κ3) is 6.51. The Labute approximate surface area is 221 Å². The lowest BCUT2D eigenvalue weighted by Crippen LogP contribution is -2.14. The molecule has 2 atom stereocenters. The van der Waals surface area contributed by atoms with Crippen molar-refractivity contribution in [3.8, 4) is 0 Å². The topological polar surface area (TPSA) is 66.9 Å². The summed E-state index contributed by atoms with van der Waals surface area (Å²) in [7, 11) is 0. The van der Waals surface area contributed by atoms with E-state index in [2.05, 4.69) is 20.6 Å². The lowest BCUT2D eigenvalue weighted by atomic mass is 9.94. The van der Waals surface area contributed by atoms with Crippen LogP contribution in [0.1, 0.15) is 46.6 Å². The molecule has 2 aromatic heterocycles. The average molecular weight is 571 g/mol. The second-order valence-corrected chi connectivity index (χ2v) is 10.5. The number of ketones is 1. The smallest absolute Gasteiger partial charge is 0.332 e. The third-order valence-corrected chi connectivity index (χ3v) is 7.87. The highest BCUT2D eigenvalue weighted by Gasteiger charge is 2.31. The lowest BCUT2D eigenvalue weighted by Gasteiger charge is -2.13. The highest BCUT2D eigenvalue weighted by Crippen LogP contribution is 2.36. The first-order valence-corrected chi connectivity index (χ1v) is 12.8. The molecule has 0 aliphatic heterocycles. The molecule has 2 unspecified atom stereocenters. The van der Waals surface area contributed by atoms with Crippen LogP contribution < -0.4 is 10.6 Å². The van der Waals surface area contributed by atoms with E-state index < -0.39 is 35.3 Å². The highest BCUT2D eigenvalue weighted by atomic mass is 32.1. The van der Waals surface area contributed by atoms with Gasteiger partial charge in [-0.3, -0.25) is 4.79 Å². The maximum Gasteiger partial charge on any atom is 0.416 e. The number of rotatable bonds is 8. The van der Waals surface area contributed by atoms with Crippen molar-refractivity contribution in [1.29, 1.82) is 0 Å². The van der Waals surface area contributed by atoms with E-state index >= 15 is 0 Å². The van der Waals surface area contributed by atoms with Crippen molar-refractivity contribution in [3.63, 3.8) is 0 Å². The summed E-state index contributed by atoms with van der Waals surface area (Å²) >= 11 is 2.45. The number of Topliss-reactive ketones (excluding diaryl/α,β-unsaturated/α-hetero) is 1. The van der Waals surface area contributed by atoms with Crippen molar-refractivity contribution < 1.29 is 31.1 Å². The molecular formula is C25H20F6N4OS2. The molecule has 0 radical (unpaired) electrons. The van der Waals surface area contributed by atoms with E-state index in [0.29, 0.717) is 31.4 Å². The molecule has 5 nitrogen and oxygen atoms in total. The predicted octanol–water partition coefficient (Wildman–Crippen LogP) is 8.60. The number of nitrogens with one attached hydrogen (secondary N) is 2. The van der Waals surface area contributed by atoms with Crippen molar-refractivity contribution in [2.75, 3.05) is 10.6 Å². The van der Waals surface area contributed by atoms with Crippen molar-refractivity contribution in [2.24, 2.45) is 0 Å². The summed E-state index contributed by atoms with van der Waals surface area (Å²) in [5.41, 5.74) is -0.637. The molecule has 2 N–H and O–H groups in total. The van der Waals surface area contributed by atoms with Crippen LogP contribution in [0, 0.1) is 0 Å². The molecule has 2 heterocycles. The quantitative estimate of drug-likeness (QED) is 0.208. The standard InChI is InChI=1S/C25H20F6N4OS2/c1-13(19-11-32-22(37-19)34-17-7-3-15(4-8-17)24(26,27)28)21(36)14(2)20-12-33-23(38-20)35-18-9-5-16(6-10-18)25(29,30)31/h3-14H,1-2H3,(H,32,34)(H,33,35). The minimum Gasteiger partial charge on any atom is -0.332 e. The number of nitrogens with zero attached hydrogens (tertiary/aromatic N) is 2. The minimum absolute atomic E-state index is 0.0838. The summed E-state index contributed by atoms with van der Waals surface area (Å²) in [5, 5.41) is 6.77. The average Bonchev–Trinajstić information content (AvgIpc) is 3.52. The molecule has 2 aromatic carbocycles. The minimum atomic E-state index is -4.42. The summed E-state index contributed by atoms with van der Waals surface area (Å²) in [6.07, 6.45) is -5.74. The summed E-state index contributed by atoms with van der Waals surface area (Å²) in [5.74, 6) is -1.09. The van der Waals surface area contributed by atoms with Gasteiger partial charge in [-0.05, 0) is 48.5 Å². The monoisotopic (exact) mass is 570 g/mol. The first-order valence-electron chi connectivity index (χ1n) is 11.1. The van der Waals surface area contributed by atoms with E-state index in [1.54, 1.807) is 26.2 Å². The third-order valence-electron chi connectivity index (χ3n) is 5.68. The number of carbonyl (C=O) groups is 1. The Kier molecular flexibility index (Phi) is 7.79. The van der Waals surface area contributed by atoms with Gasteiger partial charge in [0, 0.05) is 33.5 Å². The van der Waals surface area contributed by atoms with Crippen LogP contribution in [0.2, 0.25) is 0 Å². The van der Waals surface area contributed by atoms with Gasteiger partial charge in [-0.2, -0.15) is 26.3 Å². The van der Waals surface area contributed by atoms with Gasteiger partial charge in [0.05, 0.1) is 23.0 Å². The number of thiazole rings is 2. The van der Waals surface area contributed by atoms with Crippen LogP contribution in [-0.4, -0.2) is 15.8 Å². The molecule has 38 heavy (non-hydrogen) atoms. The molecule has 0 bridgehead atoms. The van der Waals surface area contributed by atoms with E-state index in [1.807, 2.05) is 0 Å². The zero-order chi connectivity index (χ0) is 27.7. The Balaban J connectivity index is 1.38. The van der Waals surface area contributed by atoms with E-state index in [9.17, 15) is 31.1 Å². The molecule has 4 rings (SSSR count). The molecule has 13 heteroatoms. The first kappa shape index (κ1) is 27.6. The van der Waals surface area contributed by atoms with Crippen molar-refractivity contribution >= 4 is 50.1 Å². The summed E-state index contributed by atoms with van der Waals surface area (Å²) in [4.78, 5) is 23.0. The highest BCUT2D eigenvalue weighted by molar-refractivity contribution is 7.16. The van der Waals surface area contributed by atoms with Crippen LogP contribution in [0.4, 0.5) is 48.0 Å². The summed E-state index contributed by atoms with van der Waals surface area (Å²) < 4.78 is 76.5. The molecule has 0 saturated carbocycles. The fourth-order valence-corrected chi connectivity index (χ4v) is 5.27. The van der Waals surface area contributed by atoms with Crippen LogP contribution in [0.5, 0.6) is 0 Å². The van der Waals surface area contributed by atoms with Gasteiger partial charge in [-0.1, -0.05) is 13.8 Å². The zero-order valence-electron chi connectivity index (χ0n) is 19.8. The van der Waals surface area contributed by atoms with Gasteiger partial charge in [0.25, 0.3) is 0 Å². The lowest BCUT2D eigenvalue weighted by molar-refractivity contribution is -0.138. The van der Waals surface area contributed by atoms with Gasteiger partial charge >= 0.3 is 12.4 Å². The zero-order valence-corrected chi connectivity index (χ0v) is 21.4. The molecule has 0 aliphatic rings. The molecule has 0 saturated heterocycles. The van der Waals surface area contributed by atoms with E-state index in [1.165, 1.54) is 46.9 Å². The number of benzene rings is 2. The van der Waals surface area contributed by atoms with Crippen LogP contribution in [0.15, 0.2) is 60.9 Å². The number of carbonyl (C=O) groups excluding carboxylic acids is 1. The Morgan fingerprint density at radius 1 is 0.684 bits per heavy atom. The molecule has 0 aliphatic carbocycles. The Morgan fingerprint density at radius 2 is 1.03 bits per heavy atom. The van der Waals surface area contributed by atoms with Gasteiger partial charge in [-0.25, -0.2) is 9.97 Å². The normalized spacial score (nSPS) is 13.7. The number of halogens is 6. The summed E-state index contributed by atoms with van der Waals surface area (Å²) in [6.45, 7) is 3.49. The maximum absolute atomic E-state index is 13.1. The Hall–Kier alpha value is -3.45. The largest absolute Gasteiger partial charge is 0.416 e. The van der Waals surface area contributed by atoms with E-state index in [-0.39, 0.29) is 5.78 Å². The van der Waals surface area contributed by atoms with Crippen molar-refractivity contribution in [1.82, 2.24) is 9.97 Å². The summed E-state index contributed by atoms with van der Waals surface area (Å²) in [6, 6.07) is 9.12. The first-order chi connectivity index (χ1) is 17.8. The predicted molar refractivity (Wildman–Crippen MR) is 136 cm³/mol. The molecule has 200 valence electrons. The second kappa shape index (κ2) is 10.7. The number of alkyl halides is 6. The fourth-order valence-electron chi connectivity index (χ4n) is 3.48. The van der Waals surface area contributed by atoms with E-state index in [4.69, 9.17) is 0 Å². The molecule has 0 spiro atoms. The van der Waals surface area contributed by atoms with Gasteiger partial charge in [-0.15, -0.1) is 22.7 Å². The molecule has 0 amide bonds. The maximum atomic E-state index is 13.1. The number of hydrogen-bond donors (Lipinski definition) is 2. The van der Waals surface area contributed by atoms with Gasteiger partial charge < -0.3 is 10.6 Å². The number of aromatic nitrogens is 2. The van der Waals surface area contributed by atoms with Gasteiger partial charge in [0.1, 0.15) is 5.78 Å². The van der Waals surface area contributed by atoms with Gasteiger partial charge in [0.2, 0.25) is 0 Å². The number of hydrogen-bond acceptors (Lipinski definition) is 7. The number of anilines is 4. The van der Waals surface area contributed by atoms with Crippen molar-refractivity contribution in [2.45, 2.75) is 38.0 Å². The molecular weight excluding hydrogens is 550 g/mol. The van der Waals surface area contributed by atoms with Crippen LogP contribution in [-0.2, 0) is 17.1 Å². The Morgan fingerprint density at radius 3 is 1.34 bits per heavy atom. The van der Waals surface area contributed by atoms with Crippen LogP contribution in [0.25, 0.3) is 0 Å². The molecule has 0 fully saturated rings. The molecule has 4 aromatic rings. The second-order valence-electron chi connectivity index (χ2n) is 8.38. The van der Waals surface area contributed by atoms with Crippen molar-refractivity contribution in [3.05, 3.63) is 81.8 Å². The van der Waals surface area contributed by atoms with E-state index in [0.717, 1.165) is 24.3 Å². The SMILES string of the molecule is CC(C(=O)C(C)c1cnc(Nc2ccc(C(F)(F)F)cc2)s1)c1cnc(Nc2ccc(C(F)(F)F)cc2)s1. The van der Waals surface area contributed by atoms with Crippen LogP contribution >= 0.6 is 22.7 Å². The van der Waals surface area contributed by atoms with Crippen LogP contribution in [0.3, 0.4) is 0 Å².